The number of piperazine rings is 1. The van der Waals surface area contributed by atoms with E-state index in [-0.39, 0.29) is 36.3 Å². The van der Waals surface area contributed by atoms with Crippen molar-refractivity contribution in [1.82, 2.24) is 15.1 Å². The molecule has 1 fully saturated rings. The smallest absolute Gasteiger partial charge is 0.221 e. The third-order valence-electron chi connectivity index (χ3n) is 3.31. The van der Waals surface area contributed by atoms with E-state index in [9.17, 15) is 4.79 Å². The fourth-order valence-corrected chi connectivity index (χ4v) is 2.00. The highest BCUT2D eigenvalue weighted by Crippen LogP contribution is 2.02. The van der Waals surface area contributed by atoms with E-state index in [1.807, 2.05) is 13.8 Å². The Morgan fingerprint density at radius 1 is 1.15 bits per heavy atom. The number of hydrogen-bond acceptors (Lipinski definition) is 4. The molecule has 0 aromatic heterocycles. The van der Waals surface area contributed by atoms with Gasteiger partial charge in [-0.1, -0.05) is 6.92 Å². The molecule has 1 amide bonds. The van der Waals surface area contributed by atoms with Gasteiger partial charge in [-0.3, -0.25) is 4.79 Å². The number of nitrogens with zero attached hydrogens (tertiary/aromatic N) is 2. The fraction of sp³-hybridized carbons (Fsp3) is 0.923. The summed E-state index contributed by atoms with van der Waals surface area (Å²) in [5.41, 5.74) is 5.49. The predicted molar refractivity (Wildman–Crippen MR) is 88.9 cm³/mol. The van der Waals surface area contributed by atoms with E-state index in [0.717, 1.165) is 39.3 Å². The number of hydrogen-bond donors (Lipinski definition) is 2. The average Bonchev–Trinajstić information content (AvgIpc) is 2.33. The van der Waals surface area contributed by atoms with Gasteiger partial charge in [0.05, 0.1) is 0 Å². The molecule has 1 rings (SSSR count). The monoisotopic (exact) mass is 328 g/mol. The average molecular weight is 329 g/mol. The Morgan fingerprint density at radius 3 is 2.10 bits per heavy atom. The van der Waals surface area contributed by atoms with Gasteiger partial charge in [-0.05, 0) is 20.4 Å². The zero-order valence-corrected chi connectivity index (χ0v) is 14.5. The quantitative estimate of drug-likeness (QED) is 0.754. The highest BCUT2D eigenvalue weighted by Gasteiger charge is 2.17. The number of halogens is 2. The minimum atomic E-state index is -0.331. The Hall–Kier alpha value is -0.0700. The van der Waals surface area contributed by atoms with Crippen LogP contribution in [0.25, 0.3) is 0 Å². The zero-order valence-electron chi connectivity index (χ0n) is 12.9. The van der Waals surface area contributed by atoms with Gasteiger partial charge >= 0.3 is 0 Å². The van der Waals surface area contributed by atoms with E-state index < -0.39 is 0 Å². The molecule has 7 heteroatoms. The first-order valence-electron chi connectivity index (χ1n) is 6.91. The van der Waals surface area contributed by atoms with E-state index >= 15 is 0 Å². The molecule has 0 spiro atoms. The van der Waals surface area contributed by atoms with Gasteiger partial charge in [-0.15, -0.1) is 24.8 Å². The molecule has 0 aliphatic carbocycles. The van der Waals surface area contributed by atoms with Crippen molar-refractivity contribution in [3.63, 3.8) is 0 Å². The summed E-state index contributed by atoms with van der Waals surface area (Å²) in [4.78, 5) is 16.4. The lowest BCUT2D eigenvalue weighted by atomic mass is 10.1. The Labute approximate surface area is 135 Å². The summed E-state index contributed by atoms with van der Waals surface area (Å²) in [5, 5.41) is 2.88. The van der Waals surface area contributed by atoms with Crippen LogP contribution in [-0.4, -0.2) is 67.1 Å². The molecule has 1 saturated heterocycles. The SMILES string of the molecule is CCN1CCN(CCC(=O)NCC(C)(C)N)CC1.Cl.Cl. The molecule has 0 aromatic carbocycles. The summed E-state index contributed by atoms with van der Waals surface area (Å²) in [7, 11) is 0. The van der Waals surface area contributed by atoms with Gasteiger partial charge < -0.3 is 20.9 Å². The predicted octanol–water partition coefficient (Wildman–Crippen LogP) is 0.711. The van der Waals surface area contributed by atoms with E-state index in [1.165, 1.54) is 0 Å². The van der Waals surface area contributed by atoms with Crippen molar-refractivity contribution in [2.45, 2.75) is 32.7 Å². The Morgan fingerprint density at radius 2 is 1.65 bits per heavy atom. The number of carbonyl (C=O) groups excluding carboxylic acids is 1. The highest BCUT2D eigenvalue weighted by atomic mass is 35.5. The molecule has 5 nitrogen and oxygen atoms in total. The third-order valence-corrected chi connectivity index (χ3v) is 3.31. The molecule has 1 aliphatic heterocycles. The molecule has 122 valence electrons. The lowest BCUT2D eigenvalue weighted by molar-refractivity contribution is -0.121. The first-order chi connectivity index (χ1) is 8.40. The van der Waals surface area contributed by atoms with Crippen LogP contribution in [0.3, 0.4) is 0 Å². The number of likely N-dealkylation sites (N-methyl/N-ethyl adjacent to an activating group) is 1. The lowest BCUT2D eigenvalue weighted by Gasteiger charge is -2.33. The number of nitrogens with two attached hydrogens (primary N) is 1. The van der Waals surface area contributed by atoms with Gasteiger partial charge in [-0.2, -0.15) is 0 Å². The standard InChI is InChI=1S/C13H28N4O.2ClH/c1-4-16-7-9-17(10-8-16)6-5-12(18)15-11-13(2,3)14;;/h4-11,14H2,1-3H3,(H,15,18);2*1H. The molecule has 0 bridgehead atoms. The highest BCUT2D eigenvalue weighted by molar-refractivity contribution is 5.85. The maximum Gasteiger partial charge on any atom is 0.221 e. The van der Waals surface area contributed by atoms with Gasteiger partial charge in [0.2, 0.25) is 5.91 Å². The topological polar surface area (TPSA) is 61.6 Å². The molecule has 0 unspecified atom stereocenters. The normalized spacial score (nSPS) is 17.0. The van der Waals surface area contributed by atoms with Gasteiger partial charge in [0.25, 0.3) is 0 Å². The summed E-state index contributed by atoms with van der Waals surface area (Å²) >= 11 is 0. The Kier molecular flexibility index (Phi) is 11.8. The van der Waals surface area contributed by atoms with Crippen molar-refractivity contribution < 1.29 is 4.79 Å². The maximum atomic E-state index is 11.6. The van der Waals surface area contributed by atoms with Gasteiger partial charge in [-0.25, -0.2) is 0 Å². The van der Waals surface area contributed by atoms with E-state index in [4.69, 9.17) is 5.73 Å². The minimum absolute atomic E-state index is 0. The molecule has 0 aromatic rings. The van der Waals surface area contributed by atoms with Crippen molar-refractivity contribution in [2.24, 2.45) is 5.73 Å². The lowest BCUT2D eigenvalue weighted by Crippen LogP contribution is -2.48. The molecule has 20 heavy (non-hydrogen) atoms. The number of amides is 1. The summed E-state index contributed by atoms with van der Waals surface area (Å²) in [5.74, 6) is 0.103. The van der Waals surface area contributed by atoms with Crippen molar-refractivity contribution in [2.75, 3.05) is 45.8 Å². The first kappa shape index (κ1) is 22.2. The largest absolute Gasteiger partial charge is 0.354 e. The summed E-state index contributed by atoms with van der Waals surface area (Å²) in [6, 6.07) is 0. The first-order valence-corrected chi connectivity index (χ1v) is 6.91. The van der Waals surface area contributed by atoms with Crippen molar-refractivity contribution in [3.8, 4) is 0 Å². The van der Waals surface area contributed by atoms with Crippen LogP contribution in [-0.2, 0) is 4.79 Å². The van der Waals surface area contributed by atoms with E-state index in [2.05, 4.69) is 22.0 Å². The summed E-state index contributed by atoms with van der Waals surface area (Å²) < 4.78 is 0. The molecule has 3 N–H and O–H groups in total. The van der Waals surface area contributed by atoms with Crippen LogP contribution in [0.4, 0.5) is 0 Å². The Bertz CT molecular complexity index is 264. The zero-order chi connectivity index (χ0) is 13.6. The number of nitrogens with one attached hydrogen (secondary N) is 1. The van der Waals surface area contributed by atoms with Crippen molar-refractivity contribution in [3.05, 3.63) is 0 Å². The Balaban J connectivity index is 0. The second kappa shape index (κ2) is 10.6. The van der Waals surface area contributed by atoms with Crippen LogP contribution in [0.2, 0.25) is 0 Å². The molecular formula is C13H30Cl2N4O. The molecule has 1 aliphatic rings. The van der Waals surface area contributed by atoms with Crippen molar-refractivity contribution >= 4 is 30.7 Å². The van der Waals surface area contributed by atoms with Crippen LogP contribution < -0.4 is 11.1 Å². The van der Waals surface area contributed by atoms with Crippen molar-refractivity contribution in [1.29, 1.82) is 0 Å². The van der Waals surface area contributed by atoms with Crippen LogP contribution in [0.5, 0.6) is 0 Å². The van der Waals surface area contributed by atoms with E-state index in [0.29, 0.717) is 13.0 Å². The fourth-order valence-electron chi connectivity index (χ4n) is 2.00. The second-order valence-electron chi connectivity index (χ2n) is 5.79. The van der Waals surface area contributed by atoms with Gasteiger partial charge in [0.15, 0.2) is 0 Å². The molecule has 0 radical (unpaired) electrons. The van der Waals surface area contributed by atoms with Crippen LogP contribution in [0.1, 0.15) is 27.2 Å². The number of carbonyl (C=O) groups is 1. The molecule has 1 heterocycles. The van der Waals surface area contributed by atoms with Gasteiger partial charge in [0, 0.05) is 51.2 Å². The third kappa shape index (κ3) is 9.77. The summed E-state index contributed by atoms with van der Waals surface area (Å²) in [6.45, 7) is 12.9. The minimum Gasteiger partial charge on any atom is -0.354 e. The molecule has 0 saturated carbocycles. The molecule has 0 atom stereocenters. The van der Waals surface area contributed by atoms with Crippen LogP contribution in [0.15, 0.2) is 0 Å². The number of rotatable bonds is 6. The van der Waals surface area contributed by atoms with Crippen LogP contribution >= 0.6 is 24.8 Å². The summed E-state index contributed by atoms with van der Waals surface area (Å²) in [6.07, 6.45) is 0.572. The van der Waals surface area contributed by atoms with Crippen LogP contribution in [0, 0.1) is 0 Å². The maximum absolute atomic E-state index is 11.6. The molecular weight excluding hydrogens is 299 g/mol. The van der Waals surface area contributed by atoms with E-state index in [1.54, 1.807) is 0 Å². The van der Waals surface area contributed by atoms with Gasteiger partial charge in [0.1, 0.15) is 0 Å². The second-order valence-corrected chi connectivity index (χ2v) is 5.79.